The lowest BCUT2D eigenvalue weighted by Gasteiger charge is -2.10. The van der Waals surface area contributed by atoms with Crippen LogP contribution in [0, 0.1) is 0 Å². The first kappa shape index (κ1) is 15.5. The first-order valence-electron chi connectivity index (χ1n) is 8.63. The summed E-state index contributed by atoms with van der Waals surface area (Å²) in [5, 5.41) is 7.22. The Morgan fingerprint density at radius 1 is 1.00 bits per heavy atom. The number of hydrogen-bond donors (Lipinski definition) is 2. The molecular weight excluding hydrogens is 338 g/mol. The Kier molecular flexibility index (Phi) is 3.53. The number of amides is 1. The molecule has 6 nitrogen and oxygen atoms in total. The van der Waals surface area contributed by atoms with E-state index in [-0.39, 0.29) is 12.3 Å². The van der Waals surface area contributed by atoms with Crippen molar-refractivity contribution in [2.75, 3.05) is 10.6 Å². The normalized spacial score (nSPS) is 12.7. The Morgan fingerprint density at radius 2 is 1.93 bits per heavy atom. The van der Waals surface area contributed by atoms with Crippen molar-refractivity contribution >= 4 is 34.1 Å². The van der Waals surface area contributed by atoms with E-state index in [0.29, 0.717) is 5.95 Å². The second-order valence-electron chi connectivity index (χ2n) is 6.37. The summed E-state index contributed by atoms with van der Waals surface area (Å²) in [5.74, 6) is 0.425. The van der Waals surface area contributed by atoms with Crippen molar-refractivity contribution in [3.05, 3.63) is 72.6 Å². The fourth-order valence-corrected chi connectivity index (χ4v) is 3.28. The van der Waals surface area contributed by atoms with Gasteiger partial charge in [0.05, 0.1) is 23.3 Å². The highest BCUT2D eigenvalue weighted by molar-refractivity contribution is 6.00. The van der Waals surface area contributed by atoms with Gasteiger partial charge < -0.3 is 10.6 Å². The van der Waals surface area contributed by atoms with Gasteiger partial charge in [0.15, 0.2) is 0 Å². The van der Waals surface area contributed by atoms with E-state index in [2.05, 4.69) is 20.6 Å². The minimum absolute atomic E-state index is 0.0625. The molecule has 0 atom stereocenters. The number of anilines is 3. The standard InChI is InChI=1S/C21H15N5O/c27-19-11-14-12-23-21(26-20(14)16-5-1-2-6-18(16)25-19)24-15-7-8-17-13(10-15)4-3-9-22-17/h1-10,12H,11H2,(H,25,27)(H,23,24,26). The van der Waals surface area contributed by atoms with Crippen LogP contribution in [0.3, 0.4) is 0 Å². The Morgan fingerprint density at radius 3 is 2.89 bits per heavy atom. The minimum Gasteiger partial charge on any atom is -0.325 e. The third-order valence-corrected chi connectivity index (χ3v) is 4.53. The van der Waals surface area contributed by atoms with Gasteiger partial charge in [0.2, 0.25) is 11.9 Å². The quantitative estimate of drug-likeness (QED) is 0.571. The Balaban J connectivity index is 1.56. The largest absolute Gasteiger partial charge is 0.325 e. The number of nitrogens with one attached hydrogen (secondary N) is 2. The molecule has 0 aliphatic carbocycles. The number of carbonyl (C=O) groups excluding carboxylic acids is 1. The van der Waals surface area contributed by atoms with Crippen molar-refractivity contribution in [3.8, 4) is 11.3 Å². The maximum absolute atomic E-state index is 12.1. The summed E-state index contributed by atoms with van der Waals surface area (Å²) in [4.78, 5) is 25.5. The lowest BCUT2D eigenvalue weighted by molar-refractivity contribution is -0.115. The predicted octanol–water partition coefficient (Wildman–Crippen LogP) is 3.93. The van der Waals surface area contributed by atoms with E-state index in [1.807, 2.05) is 54.6 Å². The molecule has 0 radical (unpaired) electrons. The van der Waals surface area contributed by atoms with Crippen LogP contribution in [0.1, 0.15) is 5.56 Å². The molecule has 5 rings (SSSR count). The summed E-state index contributed by atoms with van der Waals surface area (Å²) in [6.07, 6.45) is 3.75. The number of pyridine rings is 1. The number of aromatic nitrogens is 3. The molecule has 2 N–H and O–H groups in total. The summed E-state index contributed by atoms with van der Waals surface area (Å²) in [6.45, 7) is 0. The van der Waals surface area contributed by atoms with Gasteiger partial charge in [0.1, 0.15) is 0 Å². The van der Waals surface area contributed by atoms with Crippen molar-refractivity contribution in [2.24, 2.45) is 0 Å². The molecule has 0 fully saturated rings. The van der Waals surface area contributed by atoms with Gasteiger partial charge >= 0.3 is 0 Å². The summed E-state index contributed by atoms with van der Waals surface area (Å²) < 4.78 is 0. The topological polar surface area (TPSA) is 79.8 Å². The lowest BCUT2D eigenvalue weighted by atomic mass is 10.1. The van der Waals surface area contributed by atoms with Crippen LogP contribution in [0.4, 0.5) is 17.3 Å². The van der Waals surface area contributed by atoms with Crippen molar-refractivity contribution < 1.29 is 4.79 Å². The van der Waals surface area contributed by atoms with Gasteiger partial charge in [0, 0.05) is 34.6 Å². The van der Waals surface area contributed by atoms with E-state index in [0.717, 1.165) is 39.1 Å². The van der Waals surface area contributed by atoms with Gasteiger partial charge in [-0.15, -0.1) is 0 Å². The molecule has 3 heterocycles. The van der Waals surface area contributed by atoms with Crippen molar-refractivity contribution in [3.63, 3.8) is 0 Å². The molecule has 0 spiro atoms. The van der Waals surface area contributed by atoms with Crippen LogP contribution < -0.4 is 10.6 Å². The van der Waals surface area contributed by atoms with Crippen LogP contribution in [0.2, 0.25) is 0 Å². The van der Waals surface area contributed by atoms with Gasteiger partial charge in [-0.25, -0.2) is 9.97 Å². The second-order valence-corrected chi connectivity index (χ2v) is 6.37. The molecule has 1 aliphatic heterocycles. The number of hydrogen-bond acceptors (Lipinski definition) is 5. The number of para-hydroxylation sites is 1. The smallest absolute Gasteiger partial charge is 0.228 e. The summed E-state index contributed by atoms with van der Waals surface area (Å²) in [7, 11) is 0. The monoisotopic (exact) mass is 353 g/mol. The maximum Gasteiger partial charge on any atom is 0.228 e. The van der Waals surface area contributed by atoms with Gasteiger partial charge in [0.25, 0.3) is 0 Å². The van der Waals surface area contributed by atoms with E-state index in [9.17, 15) is 4.79 Å². The zero-order valence-electron chi connectivity index (χ0n) is 14.3. The van der Waals surface area contributed by atoms with Crippen LogP contribution in [0.5, 0.6) is 0 Å². The Bertz CT molecular complexity index is 1190. The molecule has 0 unspecified atom stereocenters. The summed E-state index contributed by atoms with van der Waals surface area (Å²) >= 11 is 0. The van der Waals surface area contributed by atoms with Crippen LogP contribution in [0.25, 0.3) is 22.2 Å². The predicted molar refractivity (Wildman–Crippen MR) is 105 cm³/mol. The molecule has 2 aromatic carbocycles. The molecule has 1 aliphatic rings. The van der Waals surface area contributed by atoms with Crippen molar-refractivity contribution in [2.45, 2.75) is 6.42 Å². The molecule has 130 valence electrons. The summed E-state index contributed by atoms with van der Waals surface area (Å²) in [6, 6.07) is 17.5. The van der Waals surface area contributed by atoms with E-state index in [1.54, 1.807) is 12.4 Å². The highest BCUT2D eigenvalue weighted by Crippen LogP contribution is 2.33. The number of carbonyl (C=O) groups is 1. The molecule has 1 amide bonds. The third-order valence-electron chi connectivity index (χ3n) is 4.53. The molecule has 27 heavy (non-hydrogen) atoms. The van der Waals surface area contributed by atoms with E-state index in [1.165, 1.54) is 0 Å². The van der Waals surface area contributed by atoms with E-state index >= 15 is 0 Å². The van der Waals surface area contributed by atoms with Crippen LogP contribution >= 0.6 is 0 Å². The lowest BCUT2D eigenvalue weighted by Crippen LogP contribution is -2.12. The third kappa shape index (κ3) is 2.87. The molecule has 0 bridgehead atoms. The van der Waals surface area contributed by atoms with Gasteiger partial charge in [-0.05, 0) is 30.3 Å². The van der Waals surface area contributed by atoms with Gasteiger partial charge in [-0.3, -0.25) is 9.78 Å². The first-order valence-corrected chi connectivity index (χ1v) is 8.63. The number of fused-ring (bicyclic) bond motifs is 4. The van der Waals surface area contributed by atoms with Crippen LogP contribution in [-0.4, -0.2) is 20.9 Å². The maximum atomic E-state index is 12.1. The molecule has 4 aromatic rings. The van der Waals surface area contributed by atoms with Crippen molar-refractivity contribution in [1.82, 2.24) is 15.0 Å². The van der Waals surface area contributed by atoms with Gasteiger partial charge in [-0.1, -0.05) is 24.3 Å². The molecule has 0 saturated carbocycles. The molecular formula is C21H15N5O. The number of rotatable bonds is 2. The van der Waals surface area contributed by atoms with E-state index in [4.69, 9.17) is 4.98 Å². The minimum atomic E-state index is -0.0625. The molecule has 2 aromatic heterocycles. The SMILES string of the molecule is O=C1Cc2cnc(Nc3ccc4ncccc4c3)nc2-c2ccccc2N1. The van der Waals surface area contributed by atoms with E-state index < -0.39 is 0 Å². The van der Waals surface area contributed by atoms with Crippen LogP contribution in [-0.2, 0) is 11.2 Å². The number of benzene rings is 2. The average Bonchev–Trinajstić information content (AvgIpc) is 2.83. The zero-order chi connectivity index (χ0) is 18.2. The number of nitrogens with zero attached hydrogens (tertiary/aromatic N) is 3. The first-order chi connectivity index (χ1) is 13.3. The zero-order valence-corrected chi connectivity index (χ0v) is 14.3. The average molecular weight is 353 g/mol. The second kappa shape index (κ2) is 6.17. The summed E-state index contributed by atoms with van der Waals surface area (Å²) in [5.41, 5.74) is 5.06. The van der Waals surface area contributed by atoms with Gasteiger partial charge in [-0.2, -0.15) is 0 Å². The molecule has 0 saturated heterocycles. The molecule has 6 heteroatoms. The fourth-order valence-electron chi connectivity index (χ4n) is 3.28. The van der Waals surface area contributed by atoms with Crippen molar-refractivity contribution in [1.29, 1.82) is 0 Å². The highest BCUT2D eigenvalue weighted by Gasteiger charge is 2.20. The Labute approximate surface area is 155 Å². The fraction of sp³-hybridized carbons (Fsp3) is 0.0476. The highest BCUT2D eigenvalue weighted by atomic mass is 16.1. The van der Waals surface area contributed by atoms with Crippen LogP contribution in [0.15, 0.2) is 67.0 Å². The Hall–Kier alpha value is -3.80.